The lowest BCUT2D eigenvalue weighted by molar-refractivity contribution is -0.137. The Morgan fingerprint density at radius 1 is 0.846 bits per heavy atom. The first-order chi connectivity index (χ1) is 18.8. The summed E-state index contributed by atoms with van der Waals surface area (Å²) in [6.07, 6.45) is -2.88. The number of halogens is 3. The number of carbonyl (C=O) groups excluding carboxylic acids is 1. The number of aromatic nitrogens is 2. The average molecular weight is 528 g/mol. The summed E-state index contributed by atoms with van der Waals surface area (Å²) in [7, 11) is 0. The van der Waals surface area contributed by atoms with Crippen LogP contribution in [0.5, 0.6) is 0 Å². The molecule has 196 valence electrons. The van der Waals surface area contributed by atoms with Gasteiger partial charge >= 0.3 is 6.18 Å². The van der Waals surface area contributed by atoms with Crippen molar-refractivity contribution in [2.24, 2.45) is 0 Å². The molecule has 1 amide bonds. The molecule has 39 heavy (non-hydrogen) atoms. The van der Waals surface area contributed by atoms with Gasteiger partial charge < -0.3 is 9.84 Å². The predicted octanol–water partition coefficient (Wildman–Crippen LogP) is 6.98. The summed E-state index contributed by atoms with van der Waals surface area (Å²) in [4.78, 5) is 18.6. The molecule has 0 aliphatic heterocycles. The Kier molecular flexibility index (Phi) is 7.02. The van der Waals surface area contributed by atoms with Crippen LogP contribution in [0.4, 0.5) is 13.2 Å². The molecule has 0 aliphatic rings. The fraction of sp³-hybridized carbons (Fsp3) is 0.129. The highest BCUT2D eigenvalue weighted by molar-refractivity contribution is 6.01. The Morgan fingerprint density at radius 2 is 1.51 bits per heavy atom. The van der Waals surface area contributed by atoms with E-state index in [4.69, 9.17) is 4.52 Å². The molecule has 0 fully saturated rings. The minimum absolute atomic E-state index is 0.142. The number of alkyl halides is 3. The molecule has 5 aromatic rings. The topological polar surface area (TPSA) is 68.0 Å². The van der Waals surface area contributed by atoms with Gasteiger partial charge in [-0.05, 0) is 42.3 Å². The lowest BCUT2D eigenvalue weighted by Gasteiger charge is -2.36. The average Bonchev–Trinajstić information content (AvgIpc) is 3.35. The summed E-state index contributed by atoms with van der Waals surface area (Å²) in [6, 6.07) is 28.5. The Balaban J connectivity index is 1.71. The van der Waals surface area contributed by atoms with Crippen molar-refractivity contribution in [3.63, 3.8) is 0 Å². The third-order valence-corrected chi connectivity index (χ3v) is 6.56. The fourth-order valence-corrected chi connectivity index (χ4v) is 4.69. The number of hydrogen-bond acceptors (Lipinski definition) is 4. The monoisotopic (exact) mass is 527 g/mol. The maximum absolute atomic E-state index is 14.1. The highest BCUT2D eigenvalue weighted by atomic mass is 19.4. The van der Waals surface area contributed by atoms with Gasteiger partial charge in [0.1, 0.15) is 22.6 Å². The summed E-state index contributed by atoms with van der Waals surface area (Å²) in [5.74, 6) is -0.267. The number of aryl methyl sites for hydroxylation is 1. The van der Waals surface area contributed by atoms with Crippen LogP contribution in [-0.2, 0) is 18.1 Å². The maximum atomic E-state index is 14.1. The standard InChI is InChI=1S/C31H24F3N3O2/c1-21-27(28(37-39-21)23-13-6-3-7-14-23)29(38)36-30(26-17-8-9-18-35-26,20-22-11-4-2-5-12-22)24-15-10-16-25(19-24)31(32,33)34/h2-19H,20H2,1H3,(H,36,38). The van der Waals surface area contributed by atoms with Crippen LogP contribution in [0.25, 0.3) is 11.3 Å². The quantitative estimate of drug-likeness (QED) is 0.248. The second kappa shape index (κ2) is 10.6. The van der Waals surface area contributed by atoms with Crippen LogP contribution in [0.15, 0.2) is 114 Å². The second-order valence-corrected chi connectivity index (χ2v) is 9.14. The van der Waals surface area contributed by atoms with Gasteiger partial charge in [-0.1, -0.05) is 84.0 Å². The molecular formula is C31H24F3N3O2. The van der Waals surface area contributed by atoms with Crippen molar-refractivity contribution < 1.29 is 22.5 Å². The van der Waals surface area contributed by atoms with Gasteiger partial charge in [-0.2, -0.15) is 13.2 Å². The smallest absolute Gasteiger partial charge is 0.360 e. The molecule has 1 atom stereocenters. The SMILES string of the molecule is Cc1onc(-c2ccccc2)c1C(=O)NC(Cc1ccccc1)(c1cccc(C(F)(F)F)c1)c1ccccn1. The first-order valence-electron chi connectivity index (χ1n) is 12.3. The number of nitrogens with zero attached hydrogens (tertiary/aromatic N) is 2. The van der Waals surface area contributed by atoms with Crippen LogP contribution >= 0.6 is 0 Å². The molecule has 1 N–H and O–H groups in total. The lowest BCUT2D eigenvalue weighted by Crippen LogP contribution is -2.49. The second-order valence-electron chi connectivity index (χ2n) is 9.14. The van der Waals surface area contributed by atoms with E-state index in [0.29, 0.717) is 17.0 Å². The van der Waals surface area contributed by atoms with E-state index in [2.05, 4.69) is 15.5 Å². The van der Waals surface area contributed by atoms with Crippen LogP contribution in [0.3, 0.4) is 0 Å². The van der Waals surface area contributed by atoms with E-state index >= 15 is 0 Å². The normalized spacial score (nSPS) is 13.0. The van der Waals surface area contributed by atoms with E-state index < -0.39 is 23.2 Å². The highest BCUT2D eigenvalue weighted by Crippen LogP contribution is 2.37. The minimum Gasteiger partial charge on any atom is -0.360 e. The van der Waals surface area contributed by atoms with Crippen molar-refractivity contribution in [2.45, 2.75) is 25.1 Å². The molecule has 0 spiro atoms. The minimum atomic E-state index is -4.58. The zero-order valence-electron chi connectivity index (χ0n) is 20.9. The fourth-order valence-electron chi connectivity index (χ4n) is 4.69. The summed E-state index contributed by atoms with van der Waals surface area (Å²) in [5.41, 5.74) is 0.342. The van der Waals surface area contributed by atoms with Crippen molar-refractivity contribution in [1.82, 2.24) is 15.5 Å². The van der Waals surface area contributed by atoms with E-state index in [1.54, 1.807) is 49.5 Å². The summed E-state index contributed by atoms with van der Waals surface area (Å²) in [5, 5.41) is 7.19. The summed E-state index contributed by atoms with van der Waals surface area (Å²) < 4.78 is 46.9. The van der Waals surface area contributed by atoms with Crippen LogP contribution in [0.2, 0.25) is 0 Å². The Labute approximate surface area is 223 Å². The highest BCUT2D eigenvalue weighted by Gasteiger charge is 2.41. The first kappa shape index (κ1) is 25.9. The third-order valence-electron chi connectivity index (χ3n) is 6.56. The van der Waals surface area contributed by atoms with Crippen LogP contribution in [0, 0.1) is 6.92 Å². The molecular weight excluding hydrogens is 503 g/mol. The molecule has 0 bridgehead atoms. The number of nitrogens with one attached hydrogen (secondary N) is 1. The molecule has 8 heteroatoms. The van der Waals surface area contributed by atoms with Crippen molar-refractivity contribution >= 4 is 5.91 Å². The van der Waals surface area contributed by atoms with Gasteiger partial charge in [-0.15, -0.1) is 0 Å². The summed E-state index contributed by atoms with van der Waals surface area (Å²) in [6.45, 7) is 1.62. The summed E-state index contributed by atoms with van der Waals surface area (Å²) >= 11 is 0. The van der Waals surface area contributed by atoms with Gasteiger partial charge in [0.05, 0.1) is 11.3 Å². The molecule has 1 unspecified atom stereocenters. The largest absolute Gasteiger partial charge is 0.416 e. The molecule has 5 nitrogen and oxygen atoms in total. The van der Waals surface area contributed by atoms with E-state index in [0.717, 1.165) is 17.7 Å². The number of benzene rings is 3. The van der Waals surface area contributed by atoms with Crippen molar-refractivity contribution in [2.75, 3.05) is 0 Å². The predicted molar refractivity (Wildman–Crippen MR) is 141 cm³/mol. The number of amides is 1. The van der Waals surface area contributed by atoms with E-state index in [1.165, 1.54) is 6.07 Å². The third kappa shape index (κ3) is 5.31. The molecule has 0 saturated heterocycles. The zero-order valence-corrected chi connectivity index (χ0v) is 20.9. The van der Waals surface area contributed by atoms with Crippen molar-refractivity contribution in [3.8, 4) is 11.3 Å². The Morgan fingerprint density at radius 3 is 2.18 bits per heavy atom. The van der Waals surface area contributed by atoms with E-state index in [1.807, 2.05) is 48.5 Å². The molecule has 2 heterocycles. The van der Waals surface area contributed by atoms with Gasteiger partial charge in [0.15, 0.2) is 0 Å². The van der Waals surface area contributed by atoms with E-state index in [9.17, 15) is 18.0 Å². The Hall–Kier alpha value is -4.72. The molecule has 5 rings (SSSR count). The first-order valence-corrected chi connectivity index (χ1v) is 12.3. The molecule has 3 aromatic carbocycles. The van der Waals surface area contributed by atoms with Crippen molar-refractivity contribution in [3.05, 3.63) is 143 Å². The zero-order chi connectivity index (χ0) is 27.5. The number of pyridine rings is 1. The maximum Gasteiger partial charge on any atom is 0.416 e. The number of carbonyl (C=O) groups is 1. The van der Waals surface area contributed by atoms with Crippen LogP contribution < -0.4 is 5.32 Å². The van der Waals surface area contributed by atoms with Crippen LogP contribution in [-0.4, -0.2) is 16.0 Å². The molecule has 0 radical (unpaired) electrons. The molecule has 0 saturated carbocycles. The number of rotatable bonds is 7. The van der Waals surface area contributed by atoms with E-state index in [-0.39, 0.29) is 23.3 Å². The van der Waals surface area contributed by atoms with Crippen molar-refractivity contribution in [1.29, 1.82) is 0 Å². The van der Waals surface area contributed by atoms with Gasteiger partial charge in [-0.3, -0.25) is 9.78 Å². The molecule has 2 aromatic heterocycles. The Bertz CT molecular complexity index is 1570. The van der Waals surface area contributed by atoms with Gasteiger partial charge in [0.2, 0.25) is 0 Å². The van der Waals surface area contributed by atoms with Crippen LogP contribution in [0.1, 0.15) is 38.5 Å². The van der Waals surface area contributed by atoms with Gasteiger partial charge in [0, 0.05) is 18.2 Å². The van der Waals surface area contributed by atoms with Gasteiger partial charge in [0.25, 0.3) is 5.91 Å². The van der Waals surface area contributed by atoms with Gasteiger partial charge in [-0.25, -0.2) is 0 Å². The number of hydrogen-bond donors (Lipinski definition) is 1. The molecule has 0 aliphatic carbocycles. The lowest BCUT2D eigenvalue weighted by atomic mass is 9.79.